The van der Waals surface area contributed by atoms with Gasteiger partial charge in [-0.25, -0.2) is 4.39 Å². The lowest BCUT2D eigenvalue weighted by molar-refractivity contribution is -0.135. The number of carbonyl (C=O) groups is 1. The molecule has 1 aliphatic carbocycles. The Morgan fingerprint density at radius 1 is 1.09 bits per heavy atom. The average molecular weight is 364 g/mol. The van der Waals surface area contributed by atoms with E-state index in [9.17, 15) is 9.18 Å². The lowest BCUT2D eigenvalue weighted by Crippen LogP contribution is -2.50. The van der Waals surface area contributed by atoms with Crippen LogP contribution < -0.4 is 10.6 Å². The number of hydrogen-bond donors (Lipinski definition) is 1. The third-order valence-corrected chi connectivity index (χ3v) is 4.61. The van der Waals surface area contributed by atoms with Crippen LogP contribution in [0, 0.1) is 11.7 Å². The maximum Gasteiger partial charge on any atom is 0.225 e. The smallest absolute Gasteiger partial charge is 0.225 e. The monoisotopic (exact) mass is 363 g/mol. The van der Waals surface area contributed by atoms with Crippen LogP contribution in [0.4, 0.5) is 10.1 Å². The van der Waals surface area contributed by atoms with Crippen molar-refractivity contribution in [1.82, 2.24) is 4.90 Å². The summed E-state index contributed by atoms with van der Waals surface area (Å²) < 4.78 is 13.8. The molecule has 0 bridgehead atoms. The Morgan fingerprint density at radius 2 is 1.74 bits per heavy atom. The highest BCUT2D eigenvalue weighted by molar-refractivity contribution is 5.85. The maximum atomic E-state index is 13.8. The van der Waals surface area contributed by atoms with Crippen molar-refractivity contribution in [2.45, 2.75) is 25.3 Å². The summed E-state index contributed by atoms with van der Waals surface area (Å²) in [6.07, 6.45) is 2.67. The molecule has 1 heterocycles. The van der Waals surface area contributed by atoms with Crippen LogP contribution >= 0.6 is 24.8 Å². The first-order valence-corrected chi connectivity index (χ1v) is 7.69. The van der Waals surface area contributed by atoms with E-state index in [0.717, 1.165) is 19.3 Å². The van der Waals surface area contributed by atoms with Gasteiger partial charge >= 0.3 is 0 Å². The van der Waals surface area contributed by atoms with E-state index in [1.807, 2.05) is 15.9 Å². The van der Waals surface area contributed by atoms with E-state index < -0.39 is 0 Å². The number of anilines is 1. The summed E-state index contributed by atoms with van der Waals surface area (Å²) in [4.78, 5) is 16.4. The van der Waals surface area contributed by atoms with E-state index >= 15 is 0 Å². The summed E-state index contributed by atoms with van der Waals surface area (Å²) in [6, 6.07) is 6.99. The first-order valence-electron chi connectivity index (χ1n) is 7.69. The van der Waals surface area contributed by atoms with Gasteiger partial charge in [-0.05, 0) is 31.4 Å². The van der Waals surface area contributed by atoms with Crippen molar-refractivity contribution in [3.63, 3.8) is 0 Å². The molecule has 0 aromatic heterocycles. The van der Waals surface area contributed by atoms with Crippen LogP contribution in [0.2, 0.25) is 0 Å². The molecule has 0 spiro atoms. The van der Waals surface area contributed by atoms with Gasteiger partial charge in [0.2, 0.25) is 5.91 Å². The molecule has 2 unspecified atom stereocenters. The number of halogens is 3. The summed E-state index contributed by atoms with van der Waals surface area (Å²) in [5.41, 5.74) is 6.52. The van der Waals surface area contributed by atoms with Gasteiger partial charge in [0.05, 0.1) is 5.69 Å². The molecule has 7 heteroatoms. The minimum absolute atomic E-state index is 0. The summed E-state index contributed by atoms with van der Waals surface area (Å²) >= 11 is 0. The first kappa shape index (κ1) is 20.0. The minimum Gasteiger partial charge on any atom is -0.366 e. The van der Waals surface area contributed by atoms with Gasteiger partial charge in [0, 0.05) is 38.1 Å². The largest absolute Gasteiger partial charge is 0.366 e. The summed E-state index contributed by atoms with van der Waals surface area (Å²) in [6.45, 7) is 2.70. The highest BCUT2D eigenvalue weighted by Gasteiger charge is 2.32. The van der Waals surface area contributed by atoms with Crippen molar-refractivity contribution in [3.05, 3.63) is 30.1 Å². The highest BCUT2D eigenvalue weighted by atomic mass is 35.5. The molecule has 2 fully saturated rings. The SMILES string of the molecule is Cl.Cl.NC1CCC(C(=O)N2CCN(c3ccccc3F)CC2)C1. The average Bonchev–Trinajstić information content (AvgIpc) is 2.94. The number of nitrogens with zero attached hydrogens (tertiary/aromatic N) is 2. The Morgan fingerprint density at radius 3 is 2.30 bits per heavy atom. The third kappa shape index (κ3) is 4.49. The number of rotatable bonds is 2. The summed E-state index contributed by atoms with van der Waals surface area (Å²) in [5.74, 6) is 0.134. The van der Waals surface area contributed by atoms with E-state index in [0.29, 0.717) is 31.9 Å². The number of amides is 1. The van der Waals surface area contributed by atoms with Crippen molar-refractivity contribution in [2.24, 2.45) is 11.7 Å². The topological polar surface area (TPSA) is 49.6 Å². The van der Waals surface area contributed by atoms with Crippen LogP contribution in [0.5, 0.6) is 0 Å². The fourth-order valence-corrected chi connectivity index (χ4v) is 3.37. The molecule has 1 saturated heterocycles. The van der Waals surface area contributed by atoms with E-state index in [2.05, 4.69) is 0 Å². The standard InChI is InChI=1S/C16H22FN3O.2ClH/c17-14-3-1-2-4-15(14)19-7-9-20(10-8-19)16(21)12-5-6-13(18)11-12;;/h1-4,12-13H,5-11,18H2;2*1H. The summed E-state index contributed by atoms with van der Waals surface area (Å²) in [5, 5.41) is 0. The predicted octanol–water partition coefficient (Wildman–Crippen LogP) is 2.45. The summed E-state index contributed by atoms with van der Waals surface area (Å²) in [7, 11) is 0. The Bertz CT molecular complexity index is 524. The molecule has 2 atom stereocenters. The molecule has 1 amide bonds. The van der Waals surface area contributed by atoms with Gasteiger partial charge in [0.15, 0.2) is 0 Å². The van der Waals surface area contributed by atoms with E-state index in [1.54, 1.807) is 12.1 Å². The maximum absolute atomic E-state index is 13.8. The molecule has 1 aromatic carbocycles. The van der Waals surface area contributed by atoms with Crippen molar-refractivity contribution >= 4 is 36.4 Å². The van der Waals surface area contributed by atoms with Crippen LogP contribution in [-0.4, -0.2) is 43.0 Å². The number of nitrogens with two attached hydrogens (primary N) is 1. The second-order valence-corrected chi connectivity index (χ2v) is 6.03. The van der Waals surface area contributed by atoms with Gasteiger partial charge < -0.3 is 15.5 Å². The van der Waals surface area contributed by atoms with Crippen LogP contribution in [0.1, 0.15) is 19.3 Å². The molecule has 2 aliphatic rings. The fourth-order valence-electron chi connectivity index (χ4n) is 3.37. The van der Waals surface area contributed by atoms with Crippen LogP contribution in [0.15, 0.2) is 24.3 Å². The van der Waals surface area contributed by atoms with Gasteiger partial charge in [0.1, 0.15) is 5.82 Å². The van der Waals surface area contributed by atoms with E-state index in [1.165, 1.54) is 6.07 Å². The lowest BCUT2D eigenvalue weighted by atomic mass is 10.1. The number of para-hydroxylation sites is 1. The van der Waals surface area contributed by atoms with Crippen molar-refractivity contribution < 1.29 is 9.18 Å². The number of hydrogen-bond acceptors (Lipinski definition) is 3. The third-order valence-electron chi connectivity index (χ3n) is 4.61. The Balaban J connectivity index is 0.00000132. The molecule has 1 saturated carbocycles. The van der Waals surface area contributed by atoms with E-state index in [4.69, 9.17) is 5.73 Å². The van der Waals surface area contributed by atoms with Gasteiger partial charge in [-0.3, -0.25) is 4.79 Å². The zero-order valence-corrected chi connectivity index (χ0v) is 14.6. The molecular formula is C16H24Cl2FN3O. The molecule has 2 N–H and O–H groups in total. The number of benzene rings is 1. The molecule has 1 aliphatic heterocycles. The Labute approximate surface area is 149 Å². The van der Waals surface area contributed by atoms with Gasteiger partial charge in [-0.1, -0.05) is 12.1 Å². The molecular weight excluding hydrogens is 340 g/mol. The zero-order chi connectivity index (χ0) is 14.8. The molecule has 3 rings (SSSR count). The fraction of sp³-hybridized carbons (Fsp3) is 0.562. The van der Waals surface area contributed by atoms with Crippen LogP contribution in [-0.2, 0) is 4.79 Å². The molecule has 130 valence electrons. The number of piperazine rings is 1. The Hall–Kier alpha value is -1.04. The van der Waals surface area contributed by atoms with Crippen molar-refractivity contribution in [3.8, 4) is 0 Å². The second-order valence-electron chi connectivity index (χ2n) is 6.03. The van der Waals surface area contributed by atoms with Crippen LogP contribution in [0.25, 0.3) is 0 Å². The molecule has 23 heavy (non-hydrogen) atoms. The quantitative estimate of drug-likeness (QED) is 0.877. The first-order chi connectivity index (χ1) is 10.1. The van der Waals surface area contributed by atoms with Crippen molar-refractivity contribution in [1.29, 1.82) is 0 Å². The predicted molar refractivity (Wildman–Crippen MR) is 95.0 cm³/mol. The highest BCUT2D eigenvalue weighted by Crippen LogP contribution is 2.27. The van der Waals surface area contributed by atoms with Crippen LogP contribution in [0.3, 0.4) is 0 Å². The lowest BCUT2D eigenvalue weighted by Gasteiger charge is -2.37. The number of carbonyl (C=O) groups excluding carboxylic acids is 1. The molecule has 0 radical (unpaired) electrons. The molecule has 1 aromatic rings. The molecule has 4 nitrogen and oxygen atoms in total. The van der Waals surface area contributed by atoms with Gasteiger partial charge in [-0.2, -0.15) is 0 Å². The van der Waals surface area contributed by atoms with Crippen molar-refractivity contribution in [2.75, 3.05) is 31.1 Å². The van der Waals surface area contributed by atoms with E-state index in [-0.39, 0.29) is 48.5 Å². The zero-order valence-electron chi connectivity index (χ0n) is 13.0. The minimum atomic E-state index is -0.195. The van der Waals surface area contributed by atoms with Gasteiger partial charge in [0.25, 0.3) is 0 Å². The Kier molecular flexibility index (Phi) is 7.58. The normalized spacial score (nSPS) is 23.9. The second kappa shape index (κ2) is 8.71. The van der Waals surface area contributed by atoms with Gasteiger partial charge in [-0.15, -0.1) is 24.8 Å².